The average Bonchev–Trinajstić information content (AvgIpc) is 2.74. The number of fused-ring (bicyclic) bond motifs is 1. The molecule has 4 nitrogen and oxygen atoms in total. The second-order valence-electron chi connectivity index (χ2n) is 6.01. The Bertz CT molecular complexity index is 555. The maximum absolute atomic E-state index is 11.4. The van der Waals surface area contributed by atoms with Gasteiger partial charge in [-0.05, 0) is 49.3 Å². The first-order valence-corrected chi connectivity index (χ1v) is 7.94. The molecule has 1 aliphatic heterocycles. The van der Waals surface area contributed by atoms with Crippen LogP contribution in [0, 0.1) is 5.92 Å². The molecule has 2 aliphatic rings. The number of rotatable bonds is 5. The van der Waals surface area contributed by atoms with Gasteiger partial charge in [0.1, 0.15) is 0 Å². The smallest absolute Gasteiger partial charge is 0.228 e. The Morgan fingerprint density at radius 1 is 1.48 bits per heavy atom. The number of nitrogens with two attached hydrogens (primary N) is 1. The van der Waals surface area contributed by atoms with Gasteiger partial charge >= 0.3 is 0 Å². The minimum atomic E-state index is -0.0777. The number of hydrogen-bond donors (Lipinski definition) is 2. The van der Waals surface area contributed by atoms with Crippen LogP contribution in [0.25, 0.3) is 0 Å². The molecule has 3 rings (SSSR count). The zero-order valence-corrected chi connectivity index (χ0v) is 13.0. The lowest BCUT2D eigenvalue weighted by Gasteiger charge is -2.36. The predicted octanol–water partition coefficient (Wildman–Crippen LogP) is 3.04. The van der Waals surface area contributed by atoms with E-state index in [0.717, 1.165) is 42.7 Å². The summed E-state index contributed by atoms with van der Waals surface area (Å²) in [5, 5.41) is 3.45. The maximum atomic E-state index is 11.4. The van der Waals surface area contributed by atoms with Crippen molar-refractivity contribution in [3.63, 3.8) is 0 Å². The number of carbonyl (C=O) groups excluding carboxylic acids is 1. The Hall–Kier alpha value is -1.10. The number of carbonyl (C=O) groups is 1. The number of benzene rings is 1. The standard InChI is InChI=1S/C16H21ClN2O2/c1-2-21-11-3-9(4-11)5-14(18)12-6-10-7-16(20)19-15(10)8-13(12)17/h6,8-9,11,14H,2-5,7,18H2,1H3,(H,19,20). The van der Waals surface area contributed by atoms with Gasteiger partial charge < -0.3 is 15.8 Å². The summed E-state index contributed by atoms with van der Waals surface area (Å²) in [5.41, 5.74) is 9.09. The Morgan fingerprint density at radius 2 is 2.24 bits per heavy atom. The molecular weight excluding hydrogens is 288 g/mol. The molecule has 21 heavy (non-hydrogen) atoms. The number of ether oxygens (including phenoxy) is 1. The molecule has 1 fully saturated rings. The quantitative estimate of drug-likeness (QED) is 0.878. The number of hydrogen-bond acceptors (Lipinski definition) is 3. The van der Waals surface area contributed by atoms with Crippen molar-refractivity contribution in [1.82, 2.24) is 0 Å². The van der Waals surface area contributed by atoms with E-state index in [9.17, 15) is 4.79 Å². The van der Waals surface area contributed by atoms with Crippen LogP contribution in [0.3, 0.4) is 0 Å². The van der Waals surface area contributed by atoms with Crippen molar-refractivity contribution in [2.45, 2.75) is 44.8 Å². The SMILES string of the molecule is CCOC1CC(CC(N)c2cc3c(cc2Cl)NC(=O)C3)C1. The van der Waals surface area contributed by atoms with Crippen LogP contribution in [0.4, 0.5) is 5.69 Å². The fourth-order valence-electron chi connectivity index (χ4n) is 3.28. The molecule has 0 radical (unpaired) electrons. The molecule has 1 aliphatic carbocycles. The van der Waals surface area contributed by atoms with Crippen LogP contribution in [0.1, 0.15) is 43.4 Å². The second-order valence-corrected chi connectivity index (χ2v) is 6.42. The van der Waals surface area contributed by atoms with Crippen molar-refractivity contribution in [1.29, 1.82) is 0 Å². The molecule has 0 aromatic heterocycles. The number of amides is 1. The summed E-state index contributed by atoms with van der Waals surface area (Å²) in [6.07, 6.45) is 3.92. The van der Waals surface area contributed by atoms with E-state index in [-0.39, 0.29) is 11.9 Å². The third-order valence-corrected chi connectivity index (χ3v) is 4.76. The third-order valence-electron chi connectivity index (χ3n) is 4.43. The van der Waals surface area contributed by atoms with Gasteiger partial charge in [0.25, 0.3) is 0 Å². The number of anilines is 1. The van der Waals surface area contributed by atoms with Gasteiger partial charge in [-0.3, -0.25) is 4.79 Å². The van der Waals surface area contributed by atoms with Gasteiger partial charge in [-0.25, -0.2) is 0 Å². The van der Waals surface area contributed by atoms with Crippen LogP contribution in [0.2, 0.25) is 5.02 Å². The lowest BCUT2D eigenvalue weighted by molar-refractivity contribution is -0.115. The number of halogens is 1. The molecule has 0 bridgehead atoms. The van der Waals surface area contributed by atoms with E-state index in [4.69, 9.17) is 22.1 Å². The highest BCUT2D eigenvalue weighted by atomic mass is 35.5. The van der Waals surface area contributed by atoms with E-state index in [1.54, 1.807) is 0 Å². The van der Waals surface area contributed by atoms with Crippen molar-refractivity contribution in [2.24, 2.45) is 11.7 Å². The largest absolute Gasteiger partial charge is 0.378 e. The van der Waals surface area contributed by atoms with Crippen molar-refractivity contribution in [3.8, 4) is 0 Å². The highest BCUT2D eigenvalue weighted by molar-refractivity contribution is 6.32. The molecule has 1 amide bonds. The van der Waals surface area contributed by atoms with Gasteiger partial charge in [0, 0.05) is 23.4 Å². The molecule has 1 unspecified atom stereocenters. The summed E-state index contributed by atoms with van der Waals surface area (Å²) in [7, 11) is 0. The van der Waals surface area contributed by atoms with Crippen LogP contribution < -0.4 is 11.1 Å². The van der Waals surface area contributed by atoms with Crippen molar-refractivity contribution < 1.29 is 9.53 Å². The summed E-state index contributed by atoms with van der Waals surface area (Å²) >= 11 is 6.32. The van der Waals surface area contributed by atoms with E-state index < -0.39 is 0 Å². The summed E-state index contributed by atoms with van der Waals surface area (Å²) < 4.78 is 5.58. The molecule has 0 saturated heterocycles. The molecule has 1 heterocycles. The first-order chi connectivity index (χ1) is 10.1. The summed E-state index contributed by atoms with van der Waals surface area (Å²) in [6, 6.07) is 3.73. The topological polar surface area (TPSA) is 64.3 Å². The Labute approximate surface area is 130 Å². The summed E-state index contributed by atoms with van der Waals surface area (Å²) in [5.74, 6) is 0.631. The second kappa shape index (κ2) is 5.95. The lowest BCUT2D eigenvalue weighted by atomic mass is 9.77. The maximum Gasteiger partial charge on any atom is 0.228 e. The molecule has 1 saturated carbocycles. The van der Waals surface area contributed by atoms with Gasteiger partial charge in [-0.2, -0.15) is 0 Å². The molecule has 114 valence electrons. The summed E-state index contributed by atoms with van der Waals surface area (Å²) in [4.78, 5) is 11.4. The third kappa shape index (κ3) is 3.07. The van der Waals surface area contributed by atoms with Crippen LogP contribution in [-0.2, 0) is 16.0 Å². The van der Waals surface area contributed by atoms with E-state index in [2.05, 4.69) is 5.32 Å². The van der Waals surface area contributed by atoms with E-state index >= 15 is 0 Å². The highest BCUT2D eigenvalue weighted by Crippen LogP contribution is 2.39. The molecule has 1 aromatic rings. The van der Waals surface area contributed by atoms with Crippen molar-refractivity contribution in [3.05, 3.63) is 28.3 Å². The average molecular weight is 309 g/mol. The van der Waals surface area contributed by atoms with E-state index in [1.807, 2.05) is 19.1 Å². The molecule has 1 aromatic carbocycles. The zero-order chi connectivity index (χ0) is 15.0. The fourth-order valence-corrected chi connectivity index (χ4v) is 3.58. The van der Waals surface area contributed by atoms with Crippen LogP contribution in [0.15, 0.2) is 12.1 Å². The van der Waals surface area contributed by atoms with Crippen molar-refractivity contribution >= 4 is 23.2 Å². The predicted molar refractivity (Wildman–Crippen MR) is 83.5 cm³/mol. The molecule has 5 heteroatoms. The molecule has 3 N–H and O–H groups in total. The first-order valence-electron chi connectivity index (χ1n) is 7.56. The van der Waals surface area contributed by atoms with Crippen molar-refractivity contribution in [2.75, 3.05) is 11.9 Å². The Balaban J connectivity index is 1.64. The van der Waals surface area contributed by atoms with E-state index in [0.29, 0.717) is 23.5 Å². The van der Waals surface area contributed by atoms with Gasteiger partial charge in [-0.1, -0.05) is 17.7 Å². The normalized spacial score (nSPS) is 25.2. The van der Waals surface area contributed by atoms with Crippen LogP contribution in [-0.4, -0.2) is 18.6 Å². The Morgan fingerprint density at radius 3 is 2.95 bits per heavy atom. The minimum Gasteiger partial charge on any atom is -0.378 e. The summed E-state index contributed by atoms with van der Waals surface area (Å²) in [6.45, 7) is 2.81. The van der Waals surface area contributed by atoms with Crippen LogP contribution in [0.5, 0.6) is 0 Å². The zero-order valence-electron chi connectivity index (χ0n) is 12.2. The molecule has 1 atom stereocenters. The first kappa shape index (κ1) is 14.8. The Kier molecular flexibility index (Phi) is 4.20. The fraction of sp³-hybridized carbons (Fsp3) is 0.562. The van der Waals surface area contributed by atoms with Crippen LogP contribution >= 0.6 is 11.6 Å². The highest BCUT2D eigenvalue weighted by Gasteiger charge is 2.31. The number of nitrogens with one attached hydrogen (secondary N) is 1. The van der Waals surface area contributed by atoms with Gasteiger partial charge in [0.2, 0.25) is 5.91 Å². The van der Waals surface area contributed by atoms with Gasteiger partial charge in [0.05, 0.1) is 12.5 Å². The minimum absolute atomic E-state index is 0.0188. The molecule has 0 spiro atoms. The van der Waals surface area contributed by atoms with E-state index in [1.165, 1.54) is 0 Å². The van der Waals surface area contributed by atoms with Gasteiger partial charge in [0.15, 0.2) is 0 Å². The molecular formula is C16H21ClN2O2. The van der Waals surface area contributed by atoms with Gasteiger partial charge in [-0.15, -0.1) is 0 Å². The monoisotopic (exact) mass is 308 g/mol. The lowest BCUT2D eigenvalue weighted by Crippen LogP contribution is -2.33.